The topological polar surface area (TPSA) is 37.3 Å². The molecule has 2 aromatic carbocycles. The molecule has 2 aromatic rings. The third kappa shape index (κ3) is 5.67. The zero-order valence-corrected chi connectivity index (χ0v) is 14.8. The van der Waals surface area contributed by atoms with Gasteiger partial charge in [0.05, 0.1) is 6.42 Å². The Kier molecular flexibility index (Phi) is 7.81. The molecule has 0 saturated carbocycles. The fraction of sp³-hybridized carbons (Fsp3) is 0.500. The highest BCUT2D eigenvalue weighted by molar-refractivity contribution is 5.86. The van der Waals surface area contributed by atoms with E-state index in [1.807, 2.05) is 12.1 Å². The van der Waals surface area contributed by atoms with E-state index in [1.165, 1.54) is 54.9 Å². The van der Waals surface area contributed by atoms with Gasteiger partial charge in [-0.3, -0.25) is 4.79 Å². The molecule has 0 aliphatic rings. The van der Waals surface area contributed by atoms with Crippen molar-refractivity contribution in [2.24, 2.45) is 0 Å². The molecule has 0 heterocycles. The van der Waals surface area contributed by atoms with Crippen molar-refractivity contribution in [3.63, 3.8) is 0 Å². The minimum absolute atomic E-state index is 0.115. The number of unbranched alkanes of at least 4 members (excludes halogenated alkanes) is 6. The van der Waals surface area contributed by atoms with Crippen LogP contribution in [0.2, 0.25) is 0 Å². The van der Waals surface area contributed by atoms with Crippen molar-refractivity contribution in [3.05, 3.63) is 48.0 Å². The maximum Gasteiger partial charge on any atom is 0.303 e. The van der Waals surface area contributed by atoms with Crippen molar-refractivity contribution in [1.82, 2.24) is 0 Å². The number of fused-ring (bicyclic) bond motifs is 1. The lowest BCUT2D eigenvalue weighted by molar-refractivity contribution is -0.137. The van der Waals surface area contributed by atoms with E-state index >= 15 is 0 Å². The lowest BCUT2D eigenvalue weighted by Gasteiger charge is -2.18. The summed E-state index contributed by atoms with van der Waals surface area (Å²) in [5.41, 5.74) is 1.20. The Morgan fingerprint density at radius 2 is 1.58 bits per heavy atom. The van der Waals surface area contributed by atoms with Crippen LogP contribution in [0.1, 0.15) is 76.2 Å². The molecule has 1 atom stereocenters. The zero-order chi connectivity index (χ0) is 17.2. The molecule has 0 aliphatic heterocycles. The van der Waals surface area contributed by atoms with Crippen LogP contribution in [-0.2, 0) is 4.79 Å². The number of rotatable bonds is 11. The molecule has 24 heavy (non-hydrogen) atoms. The van der Waals surface area contributed by atoms with Crippen molar-refractivity contribution < 1.29 is 9.90 Å². The Balaban J connectivity index is 1.98. The fourth-order valence-electron chi connectivity index (χ4n) is 3.53. The number of hydrogen-bond donors (Lipinski definition) is 1. The monoisotopic (exact) mass is 326 g/mol. The molecule has 0 spiro atoms. The summed E-state index contributed by atoms with van der Waals surface area (Å²) in [7, 11) is 0. The van der Waals surface area contributed by atoms with Gasteiger partial charge < -0.3 is 5.11 Å². The second-order valence-corrected chi connectivity index (χ2v) is 6.77. The normalized spacial score (nSPS) is 12.4. The van der Waals surface area contributed by atoms with Gasteiger partial charge in [0.15, 0.2) is 0 Å². The van der Waals surface area contributed by atoms with E-state index < -0.39 is 5.97 Å². The first kappa shape index (κ1) is 18.5. The highest BCUT2D eigenvalue weighted by atomic mass is 16.4. The number of hydrogen-bond acceptors (Lipinski definition) is 1. The molecule has 2 rings (SSSR count). The largest absolute Gasteiger partial charge is 0.481 e. The van der Waals surface area contributed by atoms with Crippen LogP contribution < -0.4 is 0 Å². The summed E-state index contributed by atoms with van der Waals surface area (Å²) in [5.74, 6) is -0.583. The Morgan fingerprint density at radius 3 is 2.33 bits per heavy atom. The molecule has 0 aliphatic carbocycles. The lowest BCUT2D eigenvalue weighted by Crippen LogP contribution is -2.07. The van der Waals surface area contributed by atoms with Crippen molar-refractivity contribution >= 4 is 16.7 Å². The zero-order valence-electron chi connectivity index (χ0n) is 14.8. The van der Waals surface area contributed by atoms with Gasteiger partial charge in [-0.05, 0) is 28.7 Å². The molecule has 1 N–H and O–H groups in total. The minimum Gasteiger partial charge on any atom is -0.481 e. The summed E-state index contributed by atoms with van der Waals surface area (Å²) in [5, 5.41) is 11.7. The molecule has 2 heteroatoms. The summed E-state index contributed by atoms with van der Waals surface area (Å²) in [6.07, 6.45) is 10.1. The van der Waals surface area contributed by atoms with Gasteiger partial charge in [-0.1, -0.05) is 94.3 Å². The van der Waals surface area contributed by atoms with Crippen LogP contribution in [0.25, 0.3) is 10.8 Å². The molecule has 1 unspecified atom stereocenters. The van der Waals surface area contributed by atoms with E-state index in [9.17, 15) is 9.90 Å². The molecular weight excluding hydrogens is 296 g/mol. The third-order valence-electron chi connectivity index (χ3n) is 4.84. The summed E-state index contributed by atoms with van der Waals surface area (Å²) in [6.45, 7) is 2.24. The number of aliphatic carboxylic acids is 1. The van der Waals surface area contributed by atoms with Gasteiger partial charge in [-0.2, -0.15) is 0 Å². The fourth-order valence-corrected chi connectivity index (χ4v) is 3.53. The molecule has 130 valence electrons. The second-order valence-electron chi connectivity index (χ2n) is 6.77. The Labute approximate surface area is 145 Å². The molecule has 0 amide bonds. The quantitative estimate of drug-likeness (QED) is 0.476. The molecule has 0 bridgehead atoms. The van der Waals surface area contributed by atoms with E-state index in [0.717, 1.165) is 12.8 Å². The minimum atomic E-state index is -0.698. The second kappa shape index (κ2) is 10.1. The van der Waals surface area contributed by atoms with Crippen LogP contribution in [0.3, 0.4) is 0 Å². The smallest absolute Gasteiger partial charge is 0.303 e. The van der Waals surface area contributed by atoms with Gasteiger partial charge in [0.1, 0.15) is 0 Å². The SMILES string of the molecule is CCCCCCCCCC(CC(=O)O)c1cccc2ccccc12. The maximum atomic E-state index is 11.3. The van der Waals surface area contributed by atoms with Crippen molar-refractivity contribution in [3.8, 4) is 0 Å². The van der Waals surface area contributed by atoms with Crippen LogP contribution in [0.15, 0.2) is 42.5 Å². The molecule has 2 nitrogen and oxygen atoms in total. The van der Waals surface area contributed by atoms with Crippen LogP contribution in [0.4, 0.5) is 0 Å². The average molecular weight is 326 g/mol. The van der Waals surface area contributed by atoms with Gasteiger partial charge in [0.2, 0.25) is 0 Å². The number of carboxylic acid groups (broad SMARTS) is 1. The molecular formula is C22H30O2. The number of benzene rings is 2. The Hall–Kier alpha value is -1.83. The predicted octanol–water partition coefficient (Wildman–Crippen LogP) is 6.54. The van der Waals surface area contributed by atoms with Crippen molar-refractivity contribution in [2.45, 2.75) is 70.6 Å². The number of carboxylic acids is 1. The molecule has 0 aromatic heterocycles. The summed E-state index contributed by atoms with van der Waals surface area (Å²) in [4.78, 5) is 11.3. The lowest BCUT2D eigenvalue weighted by atomic mass is 9.87. The summed E-state index contributed by atoms with van der Waals surface area (Å²) in [6, 6.07) is 14.6. The van der Waals surface area contributed by atoms with E-state index in [-0.39, 0.29) is 12.3 Å². The third-order valence-corrected chi connectivity index (χ3v) is 4.84. The maximum absolute atomic E-state index is 11.3. The van der Waals surface area contributed by atoms with Gasteiger partial charge in [0.25, 0.3) is 0 Å². The average Bonchev–Trinajstić information content (AvgIpc) is 2.59. The van der Waals surface area contributed by atoms with Gasteiger partial charge in [-0.25, -0.2) is 0 Å². The van der Waals surface area contributed by atoms with Gasteiger partial charge in [0, 0.05) is 0 Å². The first-order valence-electron chi connectivity index (χ1n) is 9.41. The van der Waals surface area contributed by atoms with Crippen LogP contribution >= 0.6 is 0 Å². The van der Waals surface area contributed by atoms with Crippen molar-refractivity contribution in [1.29, 1.82) is 0 Å². The van der Waals surface area contributed by atoms with Crippen LogP contribution in [-0.4, -0.2) is 11.1 Å². The molecule has 0 fully saturated rings. The van der Waals surface area contributed by atoms with E-state index in [2.05, 4.69) is 37.3 Å². The summed E-state index contributed by atoms with van der Waals surface area (Å²) >= 11 is 0. The van der Waals surface area contributed by atoms with E-state index in [0.29, 0.717) is 0 Å². The van der Waals surface area contributed by atoms with E-state index in [1.54, 1.807) is 0 Å². The predicted molar refractivity (Wildman–Crippen MR) is 102 cm³/mol. The van der Waals surface area contributed by atoms with Crippen LogP contribution in [0, 0.1) is 0 Å². The highest BCUT2D eigenvalue weighted by Gasteiger charge is 2.17. The van der Waals surface area contributed by atoms with Gasteiger partial charge >= 0.3 is 5.97 Å². The van der Waals surface area contributed by atoms with Gasteiger partial charge in [-0.15, -0.1) is 0 Å². The van der Waals surface area contributed by atoms with Crippen molar-refractivity contribution in [2.75, 3.05) is 0 Å². The molecule has 0 saturated heterocycles. The van der Waals surface area contributed by atoms with E-state index in [4.69, 9.17) is 0 Å². The standard InChI is InChI=1S/C22H30O2/c1-2-3-4-5-6-7-8-13-19(17-22(23)24)21-16-11-14-18-12-9-10-15-20(18)21/h9-12,14-16,19H,2-8,13,17H2,1H3,(H,23,24). The summed E-state index contributed by atoms with van der Waals surface area (Å²) < 4.78 is 0. The first-order valence-corrected chi connectivity index (χ1v) is 9.41. The van der Waals surface area contributed by atoms with Crippen LogP contribution in [0.5, 0.6) is 0 Å². The Morgan fingerprint density at radius 1 is 0.917 bits per heavy atom. The Bertz CT molecular complexity index is 627. The first-order chi connectivity index (χ1) is 11.7. The number of carbonyl (C=O) groups is 1. The molecule has 0 radical (unpaired) electrons. The highest BCUT2D eigenvalue weighted by Crippen LogP contribution is 2.32.